The Labute approximate surface area is 168 Å². The van der Waals surface area contributed by atoms with Crippen molar-refractivity contribution in [1.29, 1.82) is 0 Å². The van der Waals surface area contributed by atoms with Crippen LogP contribution in [0.5, 0.6) is 0 Å². The molecule has 3 aromatic rings. The molecule has 0 unspecified atom stereocenters. The molecular formula is C21H18Cl2N2O2. The number of carbonyl (C=O) groups is 1. The second-order valence-electron chi connectivity index (χ2n) is 6.16. The summed E-state index contributed by atoms with van der Waals surface area (Å²) in [6.07, 6.45) is 3.43. The fourth-order valence-electron chi connectivity index (χ4n) is 2.77. The Balaban J connectivity index is 1.89. The van der Waals surface area contributed by atoms with Gasteiger partial charge in [-0.15, -0.1) is 0 Å². The summed E-state index contributed by atoms with van der Waals surface area (Å²) in [5.41, 5.74) is 3.07. The van der Waals surface area contributed by atoms with E-state index in [4.69, 9.17) is 23.2 Å². The highest BCUT2D eigenvalue weighted by molar-refractivity contribution is 6.34. The molecule has 4 nitrogen and oxygen atoms in total. The van der Waals surface area contributed by atoms with E-state index in [1.165, 1.54) is 0 Å². The summed E-state index contributed by atoms with van der Waals surface area (Å²) >= 11 is 12.2. The molecule has 1 heterocycles. The van der Waals surface area contributed by atoms with E-state index in [9.17, 15) is 9.90 Å². The van der Waals surface area contributed by atoms with Crippen LogP contribution < -0.4 is 0 Å². The number of aliphatic hydroxyl groups excluding tert-OH is 1. The molecule has 2 aromatic carbocycles. The summed E-state index contributed by atoms with van der Waals surface area (Å²) < 4.78 is 0. The van der Waals surface area contributed by atoms with Gasteiger partial charge in [-0.2, -0.15) is 0 Å². The molecule has 0 spiro atoms. The fraction of sp³-hybridized carbons (Fsp3) is 0.143. The van der Waals surface area contributed by atoms with Crippen molar-refractivity contribution in [2.24, 2.45) is 0 Å². The Hall–Kier alpha value is -2.40. The second kappa shape index (κ2) is 9.00. The van der Waals surface area contributed by atoms with E-state index < -0.39 is 0 Å². The molecule has 1 amide bonds. The van der Waals surface area contributed by atoms with E-state index in [0.717, 1.165) is 16.7 Å². The van der Waals surface area contributed by atoms with Gasteiger partial charge in [-0.25, -0.2) is 0 Å². The van der Waals surface area contributed by atoms with E-state index in [0.29, 0.717) is 28.7 Å². The predicted octanol–water partition coefficient (Wildman–Crippen LogP) is 4.72. The van der Waals surface area contributed by atoms with Gasteiger partial charge in [0.2, 0.25) is 0 Å². The molecule has 0 aliphatic carbocycles. The van der Waals surface area contributed by atoms with Crippen molar-refractivity contribution in [2.75, 3.05) is 0 Å². The maximum atomic E-state index is 13.1. The highest BCUT2D eigenvalue weighted by Crippen LogP contribution is 2.22. The molecule has 1 N–H and O–H groups in total. The third-order valence-electron chi connectivity index (χ3n) is 4.06. The minimum atomic E-state index is -0.126. The van der Waals surface area contributed by atoms with E-state index >= 15 is 0 Å². The number of amides is 1. The van der Waals surface area contributed by atoms with Crippen LogP contribution in [0.2, 0.25) is 10.0 Å². The number of aliphatic hydroxyl groups is 1. The first-order chi connectivity index (χ1) is 13.0. The minimum absolute atomic E-state index is 0.0606. The van der Waals surface area contributed by atoms with Gasteiger partial charge >= 0.3 is 0 Å². The standard InChI is InChI=1S/C21H18Cl2N2O2/c22-19-8-17(9-20(23)10-19)13-25(12-16-2-1-7-24-11-16)21(27)18-5-3-15(14-26)4-6-18/h1-11,26H,12-14H2. The summed E-state index contributed by atoms with van der Waals surface area (Å²) in [7, 11) is 0. The quantitative estimate of drug-likeness (QED) is 0.650. The van der Waals surface area contributed by atoms with Crippen molar-refractivity contribution in [3.8, 4) is 0 Å². The molecule has 0 saturated carbocycles. The highest BCUT2D eigenvalue weighted by Gasteiger charge is 2.17. The molecule has 138 valence electrons. The number of aromatic nitrogens is 1. The normalized spacial score (nSPS) is 10.6. The lowest BCUT2D eigenvalue weighted by molar-refractivity contribution is 0.0730. The molecule has 0 radical (unpaired) electrons. The Morgan fingerprint density at radius 1 is 0.926 bits per heavy atom. The SMILES string of the molecule is O=C(c1ccc(CO)cc1)N(Cc1cccnc1)Cc1cc(Cl)cc(Cl)c1. The van der Waals surface area contributed by atoms with Gasteiger partial charge in [0.05, 0.1) is 6.61 Å². The minimum Gasteiger partial charge on any atom is -0.392 e. The van der Waals surface area contributed by atoms with Crippen molar-refractivity contribution < 1.29 is 9.90 Å². The molecule has 0 fully saturated rings. The average molecular weight is 401 g/mol. The summed E-state index contributed by atoms with van der Waals surface area (Å²) in [5, 5.41) is 10.2. The van der Waals surface area contributed by atoms with Gasteiger partial charge in [0, 0.05) is 41.1 Å². The Kier molecular flexibility index (Phi) is 6.45. The molecule has 27 heavy (non-hydrogen) atoms. The molecular weight excluding hydrogens is 383 g/mol. The lowest BCUT2D eigenvalue weighted by atomic mass is 10.1. The van der Waals surface area contributed by atoms with Crippen LogP contribution in [0.25, 0.3) is 0 Å². The molecule has 0 bridgehead atoms. The van der Waals surface area contributed by atoms with E-state index in [1.807, 2.05) is 12.1 Å². The van der Waals surface area contributed by atoms with E-state index in [1.54, 1.807) is 59.8 Å². The molecule has 3 rings (SSSR count). The zero-order valence-corrected chi connectivity index (χ0v) is 16.0. The first-order valence-corrected chi connectivity index (χ1v) is 9.13. The van der Waals surface area contributed by atoms with Crippen molar-refractivity contribution in [3.63, 3.8) is 0 Å². The molecule has 1 aromatic heterocycles. The maximum absolute atomic E-state index is 13.1. The number of carbonyl (C=O) groups excluding carboxylic acids is 1. The highest BCUT2D eigenvalue weighted by atomic mass is 35.5. The van der Waals surface area contributed by atoms with Crippen molar-refractivity contribution in [1.82, 2.24) is 9.88 Å². The lowest BCUT2D eigenvalue weighted by Crippen LogP contribution is -2.30. The van der Waals surface area contributed by atoms with Crippen molar-refractivity contribution >= 4 is 29.1 Å². The molecule has 0 aliphatic heterocycles. The summed E-state index contributed by atoms with van der Waals surface area (Å²) in [5.74, 6) is -0.126. The summed E-state index contributed by atoms with van der Waals surface area (Å²) in [4.78, 5) is 18.9. The average Bonchev–Trinajstić information content (AvgIpc) is 2.67. The lowest BCUT2D eigenvalue weighted by Gasteiger charge is -2.23. The maximum Gasteiger partial charge on any atom is 0.254 e. The molecule has 0 aliphatic rings. The Morgan fingerprint density at radius 3 is 2.19 bits per heavy atom. The Bertz CT molecular complexity index is 895. The zero-order chi connectivity index (χ0) is 19.2. The number of hydrogen-bond donors (Lipinski definition) is 1. The van der Waals surface area contributed by atoms with E-state index in [2.05, 4.69) is 4.98 Å². The molecule has 0 saturated heterocycles. The van der Waals surface area contributed by atoms with Crippen LogP contribution in [-0.4, -0.2) is 20.9 Å². The first-order valence-electron chi connectivity index (χ1n) is 8.38. The van der Waals surface area contributed by atoms with Gasteiger partial charge < -0.3 is 10.0 Å². The first kappa shape index (κ1) is 19.4. The number of benzene rings is 2. The van der Waals surface area contributed by atoms with Crippen molar-refractivity contribution in [3.05, 3.63) is 99.3 Å². The number of pyridine rings is 1. The van der Waals surface area contributed by atoms with Gasteiger partial charge in [-0.3, -0.25) is 9.78 Å². The van der Waals surface area contributed by atoms with Gasteiger partial charge in [0.25, 0.3) is 5.91 Å². The van der Waals surface area contributed by atoms with Gasteiger partial charge in [0.1, 0.15) is 0 Å². The third kappa shape index (κ3) is 5.30. The smallest absolute Gasteiger partial charge is 0.254 e. The third-order valence-corrected chi connectivity index (χ3v) is 4.50. The number of nitrogens with zero attached hydrogens (tertiary/aromatic N) is 2. The van der Waals surface area contributed by atoms with Gasteiger partial charge in [0.15, 0.2) is 0 Å². The topological polar surface area (TPSA) is 53.4 Å². The number of rotatable bonds is 6. The van der Waals surface area contributed by atoms with Gasteiger partial charge in [-0.1, -0.05) is 41.4 Å². The fourth-order valence-corrected chi connectivity index (χ4v) is 3.34. The monoisotopic (exact) mass is 400 g/mol. The van der Waals surface area contributed by atoms with Crippen LogP contribution in [0.4, 0.5) is 0 Å². The summed E-state index contributed by atoms with van der Waals surface area (Å²) in [6.45, 7) is 0.698. The van der Waals surface area contributed by atoms with Crippen molar-refractivity contribution in [2.45, 2.75) is 19.7 Å². The zero-order valence-electron chi connectivity index (χ0n) is 14.5. The van der Waals surface area contributed by atoms with Crippen LogP contribution in [-0.2, 0) is 19.7 Å². The van der Waals surface area contributed by atoms with Crippen LogP contribution in [0.1, 0.15) is 27.0 Å². The predicted molar refractivity (Wildman–Crippen MR) is 107 cm³/mol. The summed E-state index contributed by atoms with van der Waals surface area (Å²) in [6, 6.07) is 15.9. The van der Waals surface area contributed by atoms with Crippen LogP contribution in [0.3, 0.4) is 0 Å². The van der Waals surface area contributed by atoms with Crippen LogP contribution in [0.15, 0.2) is 67.0 Å². The largest absolute Gasteiger partial charge is 0.392 e. The Morgan fingerprint density at radius 2 is 1.59 bits per heavy atom. The second-order valence-corrected chi connectivity index (χ2v) is 7.03. The number of halogens is 2. The molecule has 6 heteroatoms. The van der Waals surface area contributed by atoms with E-state index in [-0.39, 0.29) is 12.5 Å². The molecule has 0 atom stereocenters. The number of hydrogen-bond acceptors (Lipinski definition) is 3. The van der Waals surface area contributed by atoms with Crippen LogP contribution in [0, 0.1) is 0 Å². The van der Waals surface area contributed by atoms with Crippen LogP contribution >= 0.6 is 23.2 Å². The van der Waals surface area contributed by atoms with Gasteiger partial charge in [-0.05, 0) is 53.1 Å².